The fourth-order valence-electron chi connectivity index (χ4n) is 0.987. The first-order valence-electron chi connectivity index (χ1n) is 3.37. The van der Waals surface area contributed by atoms with Crippen LogP contribution in [0.1, 0.15) is 0 Å². The minimum absolute atomic E-state index is 0.176. The molecule has 0 aliphatic rings. The van der Waals surface area contributed by atoms with Crippen LogP contribution in [0.2, 0.25) is 0 Å². The zero-order valence-electron chi connectivity index (χ0n) is 6.03. The van der Waals surface area contributed by atoms with Crippen LogP contribution < -0.4 is 0 Å². The van der Waals surface area contributed by atoms with Crippen LogP contribution in [0, 0.1) is 3.57 Å². The Bertz CT molecular complexity index is 394. The van der Waals surface area contributed by atoms with Gasteiger partial charge in [-0.2, -0.15) is 4.98 Å². The molecule has 0 saturated carbocycles. The van der Waals surface area contributed by atoms with E-state index in [9.17, 15) is 0 Å². The van der Waals surface area contributed by atoms with E-state index in [1.807, 2.05) is 18.2 Å². The van der Waals surface area contributed by atoms with Crippen molar-refractivity contribution in [2.24, 2.45) is 0 Å². The lowest BCUT2D eigenvalue weighted by Gasteiger charge is -1.96. The topological polar surface area (TPSA) is 46.0 Å². The van der Waals surface area contributed by atoms with Gasteiger partial charge in [0, 0.05) is 15.2 Å². The maximum Gasteiger partial charge on any atom is 0.314 e. The molecule has 1 aromatic heterocycles. The van der Waals surface area contributed by atoms with Gasteiger partial charge in [0.1, 0.15) is 0 Å². The second kappa shape index (κ2) is 2.85. The largest absolute Gasteiger partial charge is 0.479 e. The molecule has 0 unspecified atom stereocenters. The lowest BCUT2D eigenvalue weighted by atomic mass is 10.2. The van der Waals surface area contributed by atoms with E-state index >= 15 is 0 Å². The molecule has 0 aliphatic carbocycles. The first-order valence-corrected chi connectivity index (χ1v) is 4.45. The molecule has 0 radical (unpaired) electrons. The van der Waals surface area contributed by atoms with E-state index in [4.69, 9.17) is 5.11 Å². The number of aromatic hydroxyl groups is 1. The highest BCUT2D eigenvalue weighted by Crippen LogP contribution is 2.15. The normalized spacial score (nSPS) is 10.4. The standard InChI is InChI=1S/C8H5IN2O/c9-6-2-1-5-4-10-8(12)11-7(5)3-6/h1-4H,(H,10,11,12). The van der Waals surface area contributed by atoms with Crippen molar-refractivity contribution in [3.63, 3.8) is 0 Å². The van der Waals surface area contributed by atoms with Crippen molar-refractivity contribution in [1.82, 2.24) is 9.97 Å². The van der Waals surface area contributed by atoms with Crippen LogP contribution in [-0.4, -0.2) is 15.1 Å². The Morgan fingerprint density at radius 1 is 1.33 bits per heavy atom. The van der Waals surface area contributed by atoms with Crippen molar-refractivity contribution in [2.45, 2.75) is 0 Å². The summed E-state index contributed by atoms with van der Waals surface area (Å²) < 4.78 is 1.10. The van der Waals surface area contributed by atoms with Crippen molar-refractivity contribution in [1.29, 1.82) is 0 Å². The molecule has 0 saturated heterocycles. The number of hydrogen-bond acceptors (Lipinski definition) is 3. The predicted molar refractivity (Wildman–Crippen MR) is 53.9 cm³/mol. The van der Waals surface area contributed by atoms with Crippen molar-refractivity contribution >= 4 is 33.5 Å². The first-order chi connectivity index (χ1) is 5.75. The Balaban J connectivity index is 2.80. The highest BCUT2D eigenvalue weighted by Gasteiger charge is 1.97. The maximum atomic E-state index is 9.00. The van der Waals surface area contributed by atoms with Gasteiger partial charge in [0.15, 0.2) is 0 Å². The smallest absolute Gasteiger partial charge is 0.314 e. The van der Waals surface area contributed by atoms with Crippen LogP contribution in [0.5, 0.6) is 6.01 Å². The van der Waals surface area contributed by atoms with Crippen LogP contribution >= 0.6 is 22.6 Å². The summed E-state index contributed by atoms with van der Waals surface area (Å²) in [4.78, 5) is 7.56. The summed E-state index contributed by atoms with van der Waals surface area (Å²) in [6.07, 6.45) is 1.60. The number of fused-ring (bicyclic) bond motifs is 1. The lowest BCUT2D eigenvalue weighted by molar-refractivity contribution is 0.433. The SMILES string of the molecule is Oc1ncc2ccc(I)cc2n1. The Morgan fingerprint density at radius 3 is 3.00 bits per heavy atom. The number of benzene rings is 1. The molecule has 0 aliphatic heterocycles. The zero-order valence-corrected chi connectivity index (χ0v) is 8.19. The molecule has 0 spiro atoms. The van der Waals surface area contributed by atoms with Gasteiger partial charge in [0.05, 0.1) is 5.52 Å². The third-order valence-electron chi connectivity index (χ3n) is 1.53. The van der Waals surface area contributed by atoms with Gasteiger partial charge in [-0.05, 0) is 34.7 Å². The average Bonchev–Trinajstić information content (AvgIpc) is 2.03. The molecule has 3 nitrogen and oxygen atoms in total. The van der Waals surface area contributed by atoms with Crippen molar-refractivity contribution in [3.8, 4) is 6.01 Å². The maximum absolute atomic E-state index is 9.00. The molecule has 1 aromatic carbocycles. The van der Waals surface area contributed by atoms with Gasteiger partial charge < -0.3 is 5.11 Å². The van der Waals surface area contributed by atoms with E-state index in [0.717, 1.165) is 14.5 Å². The molecular formula is C8H5IN2O. The van der Waals surface area contributed by atoms with Crippen LogP contribution in [-0.2, 0) is 0 Å². The summed E-state index contributed by atoms with van der Waals surface area (Å²) in [5.74, 6) is 0. The third-order valence-corrected chi connectivity index (χ3v) is 2.20. The number of aromatic nitrogens is 2. The Hall–Kier alpha value is -0.910. The molecule has 2 rings (SSSR count). The Kier molecular flexibility index (Phi) is 1.84. The van der Waals surface area contributed by atoms with E-state index < -0.39 is 0 Å². The minimum Gasteiger partial charge on any atom is -0.479 e. The summed E-state index contributed by atoms with van der Waals surface area (Å²) >= 11 is 2.20. The zero-order chi connectivity index (χ0) is 8.55. The molecular weight excluding hydrogens is 267 g/mol. The van der Waals surface area contributed by atoms with Gasteiger partial charge in [-0.25, -0.2) is 4.98 Å². The molecule has 2 aromatic rings. The molecule has 1 N–H and O–H groups in total. The summed E-state index contributed by atoms with van der Waals surface area (Å²) in [5.41, 5.74) is 0.773. The summed E-state index contributed by atoms with van der Waals surface area (Å²) in [6.45, 7) is 0. The van der Waals surface area contributed by atoms with Gasteiger partial charge >= 0.3 is 6.01 Å². The number of halogens is 1. The van der Waals surface area contributed by atoms with Crippen LogP contribution in [0.3, 0.4) is 0 Å². The molecule has 0 atom stereocenters. The van der Waals surface area contributed by atoms with Crippen molar-refractivity contribution in [2.75, 3.05) is 0 Å². The summed E-state index contributed by atoms with van der Waals surface area (Å²) in [5, 5.41) is 9.93. The third kappa shape index (κ3) is 1.34. The van der Waals surface area contributed by atoms with E-state index in [0.29, 0.717) is 0 Å². The van der Waals surface area contributed by atoms with Gasteiger partial charge in [-0.15, -0.1) is 0 Å². The molecule has 60 valence electrons. The second-order valence-corrected chi connectivity index (χ2v) is 3.62. The van der Waals surface area contributed by atoms with Gasteiger partial charge in [0.25, 0.3) is 0 Å². The Morgan fingerprint density at radius 2 is 2.17 bits per heavy atom. The Labute approximate surface area is 82.6 Å². The van der Waals surface area contributed by atoms with Gasteiger partial charge in [0.2, 0.25) is 0 Å². The fraction of sp³-hybridized carbons (Fsp3) is 0. The van der Waals surface area contributed by atoms with Gasteiger partial charge in [-0.3, -0.25) is 0 Å². The van der Waals surface area contributed by atoms with Crippen molar-refractivity contribution in [3.05, 3.63) is 28.0 Å². The molecule has 0 bridgehead atoms. The second-order valence-electron chi connectivity index (χ2n) is 2.37. The van der Waals surface area contributed by atoms with Crippen molar-refractivity contribution < 1.29 is 5.11 Å². The highest BCUT2D eigenvalue weighted by atomic mass is 127. The summed E-state index contributed by atoms with van der Waals surface area (Å²) in [6, 6.07) is 5.63. The van der Waals surface area contributed by atoms with E-state index in [-0.39, 0.29) is 6.01 Å². The van der Waals surface area contributed by atoms with Crippen LogP contribution in [0.25, 0.3) is 10.9 Å². The van der Waals surface area contributed by atoms with Crippen LogP contribution in [0.4, 0.5) is 0 Å². The monoisotopic (exact) mass is 272 g/mol. The molecule has 0 fully saturated rings. The van der Waals surface area contributed by atoms with E-state index in [1.54, 1.807) is 6.20 Å². The van der Waals surface area contributed by atoms with E-state index in [2.05, 4.69) is 32.6 Å². The fourth-order valence-corrected chi connectivity index (χ4v) is 1.46. The quantitative estimate of drug-likeness (QED) is 0.745. The molecule has 0 amide bonds. The lowest BCUT2D eigenvalue weighted by Crippen LogP contribution is -1.83. The van der Waals surface area contributed by atoms with E-state index in [1.165, 1.54) is 0 Å². The number of rotatable bonds is 0. The van der Waals surface area contributed by atoms with Gasteiger partial charge in [-0.1, -0.05) is 6.07 Å². The first kappa shape index (κ1) is 7.72. The minimum atomic E-state index is -0.176. The van der Waals surface area contributed by atoms with Crippen LogP contribution in [0.15, 0.2) is 24.4 Å². The summed E-state index contributed by atoms with van der Waals surface area (Å²) in [7, 11) is 0. The average molecular weight is 272 g/mol. The molecule has 1 heterocycles. The predicted octanol–water partition coefficient (Wildman–Crippen LogP) is 1.94. The number of hydrogen-bond donors (Lipinski definition) is 1. The number of nitrogens with zero attached hydrogens (tertiary/aromatic N) is 2. The molecule has 12 heavy (non-hydrogen) atoms. The molecule has 4 heteroatoms. The highest BCUT2D eigenvalue weighted by molar-refractivity contribution is 14.1.